The van der Waals surface area contributed by atoms with Crippen LogP contribution in [0.4, 0.5) is 0 Å². The van der Waals surface area contributed by atoms with E-state index in [0.717, 1.165) is 12.8 Å². The van der Waals surface area contributed by atoms with Crippen LogP contribution >= 0.6 is 0 Å². The van der Waals surface area contributed by atoms with Gasteiger partial charge in [0.15, 0.2) is 0 Å². The van der Waals surface area contributed by atoms with E-state index in [2.05, 4.69) is 0 Å². The SMILES string of the molecule is CCN(C)C(=O)c1cccc(C(=O)N(C2CC2)C(C)C(=O)O)c1. The second kappa shape index (κ2) is 6.81. The van der Waals surface area contributed by atoms with Crippen LogP contribution in [0.5, 0.6) is 0 Å². The lowest BCUT2D eigenvalue weighted by Crippen LogP contribution is -2.44. The van der Waals surface area contributed by atoms with Gasteiger partial charge in [0.2, 0.25) is 0 Å². The predicted molar refractivity (Wildman–Crippen MR) is 85.4 cm³/mol. The third kappa shape index (κ3) is 3.70. The van der Waals surface area contributed by atoms with Crippen LogP contribution in [0.3, 0.4) is 0 Å². The Morgan fingerprint density at radius 1 is 1.22 bits per heavy atom. The molecule has 0 bridgehead atoms. The van der Waals surface area contributed by atoms with Crippen molar-refractivity contribution in [3.63, 3.8) is 0 Å². The molecule has 2 amide bonds. The number of benzene rings is 1. The van der Waals surface area contributed by atoms with E-state index in [1.807, 2.05) is 6.92 Å². The van der Waals surface area contributed by atoms with E-state index in [1.165, 1.54) is 11.8 Å². The highest BCUT2D eigenvalue weighted by Gasteiger charge is 2.38. The highest BCUT2D eigenvalue weighted by molar-refractivity contribution is 6.00. The number of rotatable bonds is 6. The van der Waals surface area contributed by atoms with Gasteiger partial charge in [-0.25, -0.2) is 4.79 Å². The van der Waals surface area contributed by atoms with Crippen LogP contribution in [0, 0.1) is 0 Å². The summed E-state index contributed by atoms with van der Waals surface area (Å²) in [5, 5.41) is 9.22. The van der Waals surface area contributed by atoms with Gasteiger partial charge in [-0.2, -0.15) is 0 Å². The second-order valence-electron chi connectivity index (χ2n) is 5.86. The summed E-state index contributed by atoms with van der Waals surface area (Å²) in [7, 11) is 1.69. The fraction of sp³-hybridized carbons (Fsp3) is 0.471. The molecular formula is C17H22N2O4. The Bertz CT molecular complexity index is 625. The van der Waals surface area contributed by atoms with Crippen molar-refractivity contribution in [1.29, 1.82) is 0 Å². The molecule has 1 aliphatic carbocycles. The van der Waals surface area contributed by atoms with Gasteiger partial charge in [-0.1, -0.05) is 6.07 Å². The maximum Gasteiger partial charge on any atom is 0.326 e. The number of carboxylic acids is 1. The van der Waals surface area contributed by atoms with Crippen LogP contribution in [-0.4, -0.2) is 58.4 Å². The standard InChI is InChI=1S/C17H22N2O4/c1-4-18(3)15(20)12-6-5-7-13(10-12)16(21)19(14-8-9-14)11(2)17(22)23/h5-7,10-11,14H,4,8-9H2,1-3H3,(H,22,23). The summed E-state index contributed by atoms with van der Waals surface area (Å²) in [6, 6.07) is 5.57. The lowest BCUT2D eigenvalue weighted by atomic mass is 10.1. The molecule has 1 aromatic carbocycles. The van der Waals surface area contributed by atoms with Gasteiger partial charge in [-0.3, -0.25) is 9.59 Å². The first-order valence-corrected chi connectivity index (χ1v) is 7.77. The number of hydrogen-bond donors (Lipinski definition) is 1. The predicted octanol–water partition coefficient (Wildman–Crippen LogP) is 1.86. The largest absolute Gasteiger partial charge is 0.480 e. The van der Waals surface area contributed by atoms with Crippen LogP contribution in [0.15, 0.2) is 24.3 Å². The number of hydrogen-bond acceptors (Lipinski definition) is 3. The van der Waals surface area contributed by atoms with E-state index in [-0.39, 0.29) is 17.9 Å². The van der Waals surface area contributed by atoms with E-state index in [0.29, 0.717) is 17.7 Å². The first kappa shape index (κ1) is 17.0. The zero-order chi connectivity index (χ0) is 17.1. The van der Waals surface area contributed by atoms with Gasteiger partial charge in [0.1, 0.15) is 6.04 Å². The summed E-state index contributed by atoms with van der Waals surface area (Å²) >= 11 is 0. The van der Waals surface area contributed by atoms with E-state index in [1.54, 1.807) is 36.2 Å². The van der Waals surface area contributed by atoms with Gasteiger partial charge < -0.3 is 14.9 Å². The number of aliphatic carboxylic acids is 1. The van der Waals surface area contributed by atoms with Gasteiger partial charge in [0, 0.05) is 30.8 Å². The Kier molecular flexibility index (Phi) is 5.03. The van der Waals surface area contributed by atoms with Crippen molar-refractivity contribution in [2.75, 3.05) is 13.6 Å². The van der Waals surface area contributed by atoms with Crippen molar-refractivity contribution in [1.82, 2.24) is 9.80 Å². The fourth-order valence-electron chi connectivity index (χ4n) is 2.43. The summed E-state index contributed by atoms with van der Waals surface area (Å²) < 4.78 is 0. The van der Waals surface area contributed by atoms with Crippen LogP contribution in [0.1, 0.15) is 47.4 Å². The zero-order valence-electron chi connectivity index (χ0n) is 13.7. The van der Waals surface area contributed by atoms with Crippen LogP contribution < -0.4 is 0 Å². The number of carboxylic acid groups (broad SMARTS) is 1. The summed E-state index contributed by atoms with van der Waals surface area (Å²) in [4.78, 5) is 39.2. The van der Waals surface area contributed by atoms with E-state index in [4.69, 9.17) is 0 Å². The minimum atomic E-state index is -1.02. The summed E-state index contributed by atoms with van der Waals surface area (Å²) in [6.45, 7) is 3.95. The van der Waals surface area contributed by atoms with Crippen molar-refractivity contribution < 1.29 is 19.5 Å². The summed E-state index contributed by atoms with van der Waals surface area (Å²) in [5.41, 5.74) is 0.777. The Hall–Kier alpha value is -2.37. The van der Waals surface area contributed by atoms with Crippen molar-refractivity contribution in [3.8, 4) is 0 Å². The average molecular weight is 318 g/mol. The molecule has 0 spiro atoms. The van der Waals surface area contributed by atoms with Gasteiger partial charge in [-0.05, 0) is 44.9 Å². The molecule has 1 aromatic rings. The summed E-state index contributed by atoms with van der Waals surface area (Å²) in [5.74, 6) is -1.52. The third-order valence-electron chi connectivity index (χ3n) is 4.13. The van der Waals surface area contributed by atoms with Gasteiger partial charge in [-0.15, -0.1) is 0 Å². The topological polar surface area (TPSA) is 77.9 Å². The van der Waals surface area contributed by atoms with Gasteiger partial charge in [0.25, 0.3) is 11.8 Å². The monoisotopic (exact) mass is 318 g/mol. The molecule has 2 rings (SSSR count). The quantitative estimate of drug-likeness (QED) is 0.868. The molecule has 23 heavy (non-hydrogen) atoms. The molecule has 0 saturated heterocycles. The molecule has 124 valence electrons. The van der Waals surface area contributed by atoms with E-state index >= 15 is 0 Å². The summed E-state index contributed by atoms with van der Waals surface area (Å²) in [6.07, 6.45) is 1.64. The Balaban J connectivity index is 2.28. The fourth-order valence-corrected chi connectivity index (χ4v) is 2.43. The molecule has 0 heterocycles. The lowest BCUT2D eigenvalue weighted by Gasteiger charge is -2.26. The molecule has 1 N–H and O–H groups in total. The van der Waals surface area contributed by atoms with Crippen molar-refractivity contribution in [2.45, 2.75) is 38.8 Å². The normalized spacial score (nSPS) is 14.9. The van der Waals surface area contributed by atoms with Crippen molar-refractivity contribution >= 4 is 17.8 Å². The molecule has 0 aromatic heterocycles. The maximum atomic E-state index is 12.7. The molecule has 1 saturated carbocycles. The van der Waals surface area contributed by atoms with Crippen molar-refractivity contribution in [3.05, 3.63) is 35.4 Å². The number of amides is 2. The zero-order valence-corrected chi connectivity index (χ0v) is 13.7. The molecule has 1 fully saturated rings. The lowest BCUT2D eigenvalue weighted by molar-refractivity contribution is -0.141. The Labute approximate surface area is 135 Å². The number of carbonyl (C=O) groups is 3. The van der Waals surface area contributed by atoms with Gasteiger partial charge >= 0.3 is 5.97 Å². The molecular weight excluding hydrogens is 296 g/mol. The molecule has 6 heteroatoms. The minimum Gasteiger partial charge on any atom is -0.480 e. The minimum absolute atomic E-state index is 0.0220. The maximum absolute atomic E-state index is 12.7. The second-order valence-corrected chi connectivity index (χ2v) is 5.86. The highest BCUT2D eigenvalue weighted by atomic mass is 16.4. The van der Waals surface area contributed by atoms with E-state index < -0.39 is 12.0 Å². The van der Waals surface area contributed by atoms with E-state index in [9.17, 15) is 19.5 Å². The molecule has 6 nitrogen and oxygen atoms in total. The highest BCUT2D eigenvalue weighted by Crippen LogP contribution is 2.30. The van der Waals surface area contributed by atoms with Crippen LogP contribution in [-0.2, 0) is 4.79 Å². The van der Waals surface area contributed by atoms with Gasteiger partial charge in [0.05, 0.1) is 0 Å². The smallest absolute Gasteiger partial charge is 0.326 e. The first-order valence-electron chi connectivity index (χ1n) is 7.77. The van der Waals surface area contributed by atoms with Crippen LogP contribution in [0.2, 0.25) is 0 Å². The molecule has 1 unspecified atom stereocenters. The first-order chi connectivity index (χ1) is 10.9. The number of carbonyl (C=O) groups excluding carboxylic acids is 2. The molecule has 1 atom stereocenters. The van der Waals surface area contributed by atoms with Crippen molar-refractivity contribution in [2.24, 2.45) is 0 Å². The van der Waals surface area contributed by atoms with Crippen LogP contribution in [0.25, 0.3) is 0 Å². The average Bonchev–Trinajstić information content (AvgIpc) is 3.38. The molecule has 1 aliphatic rings. The Morgan fingerprint density at radius 3 is 2.26 bits per heavy atom. The molecule has 0 aliphatic heterocycles. The Morgan fingerprint density at radius 2 is 1.78 bits per heavy atom. The molecule has 0 radical (unpaired) electrons. The number of nitrogens with zero attached hydrogens (tertiary/aromatic N) is 2. The third-order valence-corrected chi connectivity index (χ3v) is 4.13.